The second kappa shape index (κ2) is 3.04. The van der Waals surface area contributed by atoms with Gasteiger partial charge in [-0.05, 0) is 26.7 Å². The number of aromatic amines is 1. The highest BCUT2D eigenvalue weighted by Crippen LogP contribution is 2.26. The summed E-state index contributed by atoms with van der Waals surface area (Å²) in [7, 11) is 0. The number of aryl methyl sites for hydroxylation is 2. The number of nitrogens with one attached hydrogen (secondary N) is 1. The largest absolute Gasteiger partial charge is 0.299 e. The molecule has 4 heteroatoms. The number of hydrogen-bond acceptors (Lipinski definition) is 3. The van der Waals surface area contributed by atoms with Gasteiger partial charge in [0.15, 0.2) is 5.78 Å². The Hall–Kier alpha value is -1.45. The van der Waals surface area contributed by atoms with Crippen molar-refractivity contribution in [2.45, 2.75) is 26.7 Å². The summed E-state index contributed by atoms with van der Waals surface area (Å²) in [5, 5.41) is 6.83. The van der Waals surface area contributed by atoms with Gasteiger partial charge < -0.3 is 0 Å². The first kappa shape index (κ1) is 9.12. The molecule has 4 nitrogen and oxygen atoms in total. The Balaban J connectivity index is 2.44. The van der Waals surface area contributed by atoms with Crippen molar-refractivity contribution in [3.05, 3.63) is 17.0 Å². The summed E-state index contributed by atoms with van der Waals surface area (Å²) in [6, 6.07) is 0. The Bertz CT molecular complexity index is 406. The molecule has 14 heavy (non-hydrogen) atoms. The maximum absolute atomic E-state index is 11.9. The van der Waals surface area contributed by atoms with E-state index in [0.29, 0.717) is 12.0 Å². The molecule has 0 spiro atoms. The quantitative estimate of drug-likeness (QED) is 0.676. The monoisotopic (exact) mass is 192 g/mol. The van der Waals surface area contributed by atoms with Crippen LogP contribution in [-0.2, 0) is 11.2 Å². The Morgan fingerprint density at radius 2 is 2.29 bits per heavy atom. The molecule has 0 saturated carbocycles. The molecule has 0 aromatic carbocycles. The zero-order valence-electron chi connectivity index (χ0n) is 8.26. The van der Waals surface area contributed by atoms with Crippen LogP contribution in [0.15, 0.2) is 0 Å². The molecule has 0 radical (unpaired) electrons. The van der Waals surface area contributed by atoms with E-state index in [1.54, 1.807) is 0 Å². The van der Waals surface area contributed by atoms with E-state index in [0.717, 1.165) is 17.8 Å². The second-order valence-corrected chi connectivity index (χ2v) is 3.74. The van der Waals surface area contributed by atoms with Crippen LogP contribution < -0.4 is 0 Å². The number of Topliss-reactive ketones (excluding diaryl/α,β-unsaturated/α-hetero) is 2. The SMILES string of the molecule is CC(=O)C1CCc2n[nH]c(C)c2C1=O. The molecule has 0 saturated heterocycles. The molecule has 2 rings (SSSR count). The van der Waals surface area contributed by atoms with E-state index in [2.05, 4.69) is 10.2 Å². The van der Waals surface area contributed by atoms with Gasteiger partial charge in [0.2, 0.25) is 0 Å². The first-order chi connectivity index (χ1) is 6.61. The van der Waals surface area contributed by atoms with Crippen molar-refractivity contribution in [1.29, 1.82) is 0 Å². The van der Waals surface area contributed by atoms with Crippen LogP contribution in [0.5, 0.6) is 0 Å². The number of H-pyrrole nitrogens is 1. The van der Waals surface area contributed by atoms with E-state index in [-0.39, 0.29) is 11.6 Å². The summed E-state index contributed by atoms with van der Waals surface area (Å²) in [6.07, 6.45) is 1.32. The van der Waals surface area contributed by atoms with Crippen LogP contribution in [0.2, 0.25) is 0 Å². The Morgan fingerprint density at radius 3 is 2.93 bits per heavy atom. The maximum atomic E-state index is 11.9. The van der Waals surface area contributed by atoms with Crippen molar-refractivity contribution in [2.24, 2.45) is 5.92 Å². The van der Waals surface area contributed by atoms with Crippen LogP contribution >= 0.6 is 0 Å². The minimum atomic E-state index is -0.446. The van der Waals surface area contributed by atoms with Crippen LogP contribution in [0, 0.1) is 12.8 Å². The first-order valence-electron chi connectivity index (χ1n) is 4.69. The molecule has 1 aliphatic carbocycles. The molecule has 1 unspecified atom stereocenters. The van der Waals surface area contributed by atoms with E-state index in [1.807, 2.05) is 6.92 Å². The number of ketones is 2. The highest BCUT2D eigenvalue weighted by Gasteiger charge is 2.33. The lowest BCUT2D eigenvalue weighted by atomic mass is 9.83. The van der Waals surface area contributed by atoms with Gasteiger partial charge in [-0.2, -0.15) is 5.10 Å². The lowest BCUT2D eigenvalue weighted by Crippen LogP contribution is -2.27. The summed E-state index contributed by atoms with van der Waals surface area (Å²) in [4.78, 5) is 23.1. The molecule has 1 heterocycles. The van der Waals surface area contributed by atoms with Crippen LogP contribution in [0.4, 0.5) is 0 Å². The number of hydrogen-bond donors (Lipinski definition) is 1. The number of rotatable bonds is 1. The number of aromatic nitrogens is 2. The molecule has 1 aromatic heterocycles. The zero-order chi connectivity index (χ0) is 10.3. The molecular formula is C10H12N2O2. The third kappa shape index (κ3) is 1.18. The summed E-state index contributed by atoms with van der Waals surface area (Å²) in [5.41, 5.74) is 2.22. The Labute approximate surface area is 81.7 Å². The maximum Gasteiger partial charge on any atom is 0.177 e. The zero-order valence-corrected chi connectivity index (χ0v) is 8.26. The topological polar surface area (TPSA) is 62.8 Å². The molecule has 0 aliphatic heterocycles. The van der Waals surface area contributed by atoms with Gasteiger partial charge in [0.05, 0.1) is 17.2 Å². The van der Waals surface area contributed by atoms with E-state index in [9.17, 15) is 9.59 Å². The molecule has 1 atom stereocenters. The predicted molar refractivity (Wildman–Crippen MR) is 50.1 cm³/mol. The summed E-state index contributed by atoms with van der Waals surface area (Å²) < 4.78 is 0. The standard InChI is InChI=1S/C10H12N2O2/c1-5-9-8(12-11-5)4-3-7(6(2)13)10(9)14/h7H,3-4H2,1-2H3,(H,11,12). The second-order valence-electron chi connectivity index (χ2n) is 3.74. The molecule has 0 bridgehead atoms. The summed E-state index contributed by atoms with van der Waals surface area (Å²) in [5.74, 6) is -0.551. The van der Waals surface area contributed by atoms with Crippen molar-refractivity contribution >= 4 is 11.6 Å². The Morgan fingerprint density at radius 1 is 1.57 bits per heavy atom. The molecule has 1 N–H and O–H groups in total. The molecule has 1 aliphatic rings. The fraction of sp³-hybridized carbons (Fsp3) is 0.500. The van der Waals surface area contributed by atoms with Crippen LogP contribution in [0.1, 0.15) is 35.1 Å². The highest BCUT2D eigenvalue weighted by atomic mass is 16.1. The smallest absolute Gasteiger partial charge is 0.177 e. The van der Waals surface area contributed by atoms with Crippen molar-refractivity contribution in [2.75, 3.05) is 0 Å². The normalized spacial score (nSPS) is 20.7. The highest BCUT2D eigenvalue weighted by molar-refractivity contribution is 6.11. The van der Waals surface area contributed by atoms with Gasteiger partial charge in [0.1, 0.15) is 5.78 Å². The lowest BCUT2D eigenvalue weighted by molar-refractivity contribution is -0.119. The van der Waals surface area contributed by atoms with Gasteiger partial charge in [-0.1, -0.05) is 0 Å². The van der Waals surface area contributed by atoms with Gasteiger partial charge in [-0.15, -0.1) is 0 Å². The van der Waals surface area contributed by atoms with Gasteiger partial charge in [-0.25, -0.2) is 0 Å². The number of nitrogens with zero attached hydrogens (tertiary/aromatic N) is 1. The molecule has 0 fully saturated rings. The molecule has 74 valence electrons. The van der Waals surface area contributed by atoms with Crippen molar-refractivity contribution < 1.29 is 9.59 Å². The van der Waals surface area contributed by atoms with Crippen LogP contribution in [0.25, 0.3) is 0 Å². The van der Waals surface area contributed by atoms with E-state index in [1.165, 1.54) is 6.92 Å². The minimum absolute atomic E-state index is 0.0405. The van der Waals surface area contributed by atoms with Crippen molar-refractivity contribution in [3.63, 3.8) is 0 Å². The van der Waals surface area contributed by atoms with Crippen LogP contribution in [-0.4, -0.2) is 21.8 Å². The average Bonchev–Trinajstić information content (AvgIpc) is 2.48. The Kier molecular flexibility index (Phi) is 1.98. The molecule has 0 amide bonds. The van der Waals surface area contributed by atoms with Gasteiger partial charge in [0.25, 0.3) is 0 Å². The lowest BCUT2D eigenvalue weighted by Gasteiger charge is -2.17. The third-order valence-corrected chi connectivity index (χ3v) is 2.75. The first-order valence-corrected chi connectivity index (χ1v) is 4.69. The number of carbonyl (C=O) groups excluding carboxylic acids is 2. The minimum Gasteiger partial charge on any atom is -0.299 e. The van der Waals surface area contributed by atoms with Crippen molar-refractivity contribution in [3.8, 4) is 0 Å². The average molecular weight is 192 g/mol. The number of fused-ring (bicyclic) bond motifs is 1. The van der Waals surface area contributed by atoms with E-state index < -0.39 is 5.92 Å². The van der Waals surface area contributed by atoms with Crippen molar-refractivity contribution in [1.82, 2.24) is 10.2 Å². The molecular weight excluding hydrogens is 180 g/mol. The molecule has 1 aromatic rings. The summed E-state index contributed by atoms with van der Waals surface area (Å²) in [6.45, 7) is 3.29. The predicted octanol–water partition coefficient (Wildman–Crippen LogP) is 1.05. The van der Waals surface area contributed by atoms with E-state index >= 15 is 0 Å². The summed E-state index contributed by atoms with van der Waals surface area (Å²) >= 11 is 0. The number of carbonyl (C=O) groups is 2. The van der Waals surface area contributed by atoms with Gasteiger partial charge in [-0.3, -0.25) is 14.7 Å². The third-order valence-electron chi connectivity index (χ3n) is 2.75. The van der Waals surface area contributed by atoms with Gasteiger partial charge in [0, 0.05) is 5.69 Å². The van der Waals surface area contributed by atoms with Crippen LogP contribution in [0.3, 0.4) is 0 Å². The fourth-order valence-electron chi connectivity index (χ4n) is 1.96. The van der Waals surface area contributed by atoms with E-state index in [4.69, 9.17) is 0 Å². The van der Waals surface area contributed by atoms with Gasteiger partial charge >= 0.3 is 0 Å². The fourth-order valence-corrected chi connectivity index (χ4v) is 1.96.